The molecule has 0 atom stereocenters. The van der Waals surface area contributed by atoms with Gasteiger partial charge in [-0.1, -0.05) is 18.6 Å². The molecular formula is C10H11F. The van der Waals surface area contributed by atoms with Gasteiger partial charge in [0.1, 0.15) is 5.82 Å². The quantitative estimate of drug-likeness (QED) is 0.577. The van der Waals surface area contributed by atoms with Crippen LogP contribution in [0.1, 0.15) is 30.7 Å². The third kappa shape index (κ3) is 1.28. The van der Waals surface area contributed by atoms with E-state index in [4.69, 9.17) is 0 Å². The van der Waals surface area contributed by atoms with Crippen LogP contribution in [0.5, 0.6) is 0 Å². The summed E-state index contributed by atoms with van der Waals surface area (Å²) < 4.78 is 12.7. The van der Waals surface area contributed by atoms with Gasteiger partial charge in [0.2, 0.25) is 0 Å². The second-order valence-corrected chi connectivity index (χ2v) is 3.18. The van der Waals surface area contributed by atoms with Crippen LogP contribution in [0.2, 0.25) is 0 Å². The first-order valence-corrected chi connectivity index (χ1v) is 4.12. The highest BCUT2D eigenvalue weighted by molar-refractivity contribution is 5.22. The van der Waals surface area contributed by atoms with Gasteiger partial charge in [0.25, 0.3) is 0 Å². The Morgan fingerprint density at radius 2 is 2.09 bits per heavy atom. The third-order valence-electron chi connectivity index (χ3n) is 2.43. The largest absolute Gasteiger partial charge is 0.207 e. The van der Waals surface area contributed by atoms with Crippen LogP contribution in [0.3, 0.4) is 0 Å². The molecule has 0 saturated heterocycles. The van der Waals surface area contributed by atoms with Crippen molar-refractivity contribution in [2.75, 3.05) is 0 Å². The lowest BCUT2D eigenvalue weighted by molar-refractivity contribution is 0.418. The lowest BCUT2D eigenvalue weighted by atomic mass is 9.80. The summed E-state index contributed by atoms with van der Waals surface area (Å²) in [5.41, 5.74) is 1.18. The summed E-state index contributed by atoms with van der Waals surface area (Å²) in [7, 11) is 0. The normalized spacial score (nSPS) is 17.9. The van der Waals surface area contributed by atoms with Crippen LogP contribution in [0.25, 0.3) is 0 Å². The lowest BCUT2D eigenvalue weighted by Gasteiger charge is -2.25. The Kier molecular flexibility index (Phi) is 1.65. The fourth-order valence-electron chi connectivity index (χ4n) is 1.50. The molecule has 0 spiro atoms. The molecule has 0 bridgehead atoms. The number of hydrogen-bond donors (Lipinski definition) is 0. The predicted molar refractivity (Wildman–Crippen MR) is 43.0 cm³/mol. The average molecular weight is 150 g/mol. The van der Waals surface area contributed by atoms with Crippen molar-refractivity contribution in [3.8, 4) is 0 Å². The Hall–Kier alpha value is -0.850. The third-order valence-corrected chi connectivity index (χ3v) is 2.43. The minimum atomic E-state index is -0.102. The predicted octanol–water partition coefficient (Wildman–Crippen LogP) is 3.09. The number of hydrogen-bond acceptors (Lipinski definition) is 0. The standard InChI is InChI=1S/C10H11F/c11-10-6-2-5-9(7-10)8-3-1-4-8/h2,5-8H,1,3-4H2. The second-order valence-electron chi connectivity index (χ2n) is 3.18. The molecule has 0 heterocycles. The summed E-state index contributed by atoms with van der Waals surface area (Å²) in [5.74, 6) is 0.542. The molecule has 2 rings (SSSR count). The van der Waals surface area contributed by atoms with Crippen LogP contribution >= 0.6 is 0 Å². The molecule has 1 aliphatic rings. The SMILES string of the molecule is Fc1cccc(C2CCC2)c1. The fraction of sp³-hybridized carbons (Fsp3) is 0.400. The molecule has 0 N–H and O–H groups in total. The topological polar surface area (TPSA) is 0 Å². The van der Waals surface area contributed by atoms with Crippen molar-refractivity contribution in [3.63, 3.8) is 0 Å². The molecule has 0 aliphatic heterocycles. The molecule has 1 aromatic carbocycles. The van der Waals surface area contributed by atoms with Crippen LogP contribution in [0.4, 0.5) is 4.39 Å². The van der Waals surface area contributed by atoms with Crippen molar-refractivity contribution >= 4 is 0 Å². The number of benzene rings is 1. The van der Waals surface area contributed by atoms with Gasteiger partial charge in [-0.3, -0.25) is 0 Å². The van der Waals surface area contributed by atoms with Gasteiger partial charge in [0, 0.05) is 0 Å². The summed E-state index contributed by atoms with van der Waals surface area (Å²) in [6.07, 6.45) is 3.79. The lowest BCUT2D eigenvalue weighted by Crippen LogP contribution is -2.08. The van der Waals surface area contributed by atoms with Gasteiger partial charge in [-0.2, -0.15) is 0 Å². The summed E-state index contributed by atoms with van der Waals surface area (Å²) in [5, 5.41) is 0. The smallest absolute Gasteiger partial charge is 0.123 e. The molecule has 0 nitrogen and oxygen atoms in total. The first kappa shape index (κ1) is 6.84. The van der Waals surface area contributed by atoms with Crippen molar-refractivity contribution in [1.82, 2.24) is 0 Å². The van der Waals surface area contributed by atoms with E-state index >= 15 is 0 Å². The summed E-state index contributed by atoms with van der Waals surface area (Å²) >= 11 is 0. The molecule has 1 heteroatoms. The maximum Gasteiger partial charge on any atom is 0.123 e. The molecule has 1 fully saturated rings. The highest BCUT2D eigenvalue weighted by Gasteiger charge is 2.19. The Bertz CT molecular complexity index is 251. The van der Waals surface area contributed by atoms with E-state index in [1.54, 1.807) is 12.1 Å². The van der Waals surface area contributed by atoms with Crippen LogP contribution in [-0.4, -0.2) is 0 Å². The molecule has 1 aliphatic carbocycles. The van der Waals surface area contributed by atoms with Gasteiger partial charge in [0.05, 0.1) is 0 Å². The average Bonchev–Trinajstić information content (AvgIpc) is 1.83. The maximum absolute atomic E-state index is 12.7. The maximum atomic E-state index is 12.7. The van der Waals surface area contributed by atoms with Gasteiger partial charge >= 0.3 is 0 Å². The van der Waals surface area contributed by atoms with E-state index in [1.165, 1.54) is 30.9 Å². The van der Waals surface area contributed by atoms with Gasteiger partial charge in [-0.25, -0.2) is 4.39 Å². The van der Waals surface area contributed by atoms with E-state index in [0.717, 1.165) is 0 Å². The Labute approximate surface area is 66.1 Å². The molecular weight excluding hydrogens is 139 g/mol. The first-order valence-electron chi connectivity index (χ1n) is 4.12. The molecule has 0 radical (unpaired) electrons. The van der Waals surface area contributed by atoms with Crippen molar-refractivity contribution in [1.29, 1.82) is 0 Å². The Balaban J connectivity index is 2.23. The molecule has 0 aromatic heterocycles. The monoisotopic (exact) mass is 150 g/mol. The minimum absolute atomic E-state index is 0.102. The van der Waals surface area contributed by atoms with Crippen molar-refractivity contribution < 1.29 is 4.39 Å². The van der Waals surface area contributed by atoms with Crippen LogP contribution in [0.15, 0.2) is 24.3 Å². The molecule has 11 heavy (non-hydrogen) atoms. The zero-order valence-corrected chi connectivity index (χ0v) is 6.39. The number of rotatable bonds is 1. The van der Waals surface area contributed by atoms with Gasteiger partial charge in [0.15, 0.2) is 0 Å². The highest BCUT2D eigenvalue weighted by Crippen LogP contribution is 2.36. The van der Waals surface area contributed by atoms with Gasteiger partial charge < -0.3 is 0 Å². The minimum Gasteiger partial charge on any atom is -0.207 e. The zero-order chi connectivity index (χ0) is 7.68. The molecule has 1 saturated carbocycles. The summed E-state index contributed by atoms with van der Waals surface area (Å²) in [6, 6.07) is 6.97. The summed E-state index contributed by atoms with van der Waals surface area (Å²) in [6.45, 7) is 0. The highest BCUT2D eigenvalue weighted by atomic mass is 19.1. The number of halogens is 1. The van der Waals surface area contributed by atoms with E-state index in [2.05, 4.69) is 0 Å². The Morgan fingerprint density at radius 1 is 1.27 bits per heavy atom. The van der Waals surface area contributed by atoms with Crippen molar-refractivity contribution in [3.05, 3.63) is 35.6 Å². The van der Waals surface area contributed by atoms with Gasteiger partial charge in [-0.05, 0) is 36.5 Å². The molecule has 1 aromatic rings. The molecule has 0 amide bonds. The second kappa shape index (κ2) is 2.65. The first-order chi connectivity index (χ1) is 5.36. The summed E-state index contributed by atoms with van der Waals surface area (Å²) in [4.78, 5) is 0. The van der Waals surface area contributed by atoms with E-state index in [9.17, 15) is 4.39 Å². The van der Waals surface area contributed by atoms with Crippen molar-refractivity contribution in [2.24, 2.45) is 0 Å². The zero-order valence-electron chi connectivity index (χ0n) is 6.39. The van der Waals surface area contributed by atoms with Gasteiger partial charge in [-0.15, -0.1) is 0 Å². The molecule has 58 valence electrons. The Morgan fingerprint density at radius 3 is 2.64 bits per heavy atom. The van der Waals surface area contributed by atoms with E-state index in [1.807, 2.05) is 6.07 Å². The molecule has 0 unspecified atom stereocenters. The van der Waals surface area contributed by atoms with Crippen LogP contribution in [-0.2, 0) is 0 Å². The van der Waals surface area contributed by atoms with Crippen LogP contribution < -0.4 is 0 Å². The van der Waals surface area contributed by atoms with Crippen molar-refractivity contribution in [2.45, 2.75) is 25.2 Å². The van der Waals surface area contributed by atoms with E-state index in [0.29, 0.717) is 5.92 Å². The fourth-order valence-corrected chi connectivity index (χ4v) is 1.50. The van der Waals surface area contributed by atoms with E-state index < -0.39 is 0 Å². The van der Waals surface area contributed by atoms with E-state index in [-0.39, 0.29) is 5.82 Å². The van der Waals surface area contributed by atoms with Crippen LogP contribution in [0, 0.1) is 5.82 Å².